The van der Waals surface area contributed by atoms with Crippen LogP contribution < -0.4 is 20.5 Å². The maximum atomic E-state index is 12.7. The smallest absolute Gasteiger partial charge is 0.260 e. The monoisotopic (exact) mass is 390 g/mol. The molecule has 148 valence electrons. The molecule has 0 saturated heterocycles. The highest BCUT2D eigenvalue weighted by molar-refractivity contribution is 5.86. The van der Waals surface area contributed by atoms with Gasteiger partial charge in [-0.2, -0.15) is 0 Å². The van der Waals surface area contributed by atoms with Crippen LogP contribution in [0.3, 0.4) is 0 Å². The number of rotatable bonds is 4. The number of aryl methyl sites for hydroxylation is 2. The lowest BCUT2D eigenvalue weighted by Gasteiger charge is -2.15. The number of nitrogens with one attached hydrogen (secondary N) is 2. The van der Waals surface area contributed by atoms with Crippen molar-refractivity contribution in [1.82, 2.24) is 19.9 Å². The third-order valence-electron chi connectivity index (χ3n) is 4.83. The normalized spacial score (nSPS) is 11.1. The van der Waals surface area contributed by atoms with Gasteiger partial charge in [-0.3, -0.25) is 15.1 Å². The van der Waals surface area contributed by atoms with Gasteiger partial charge in [-0.1, -0.05) is 0 Å². The minimum Gasteiger partial charge on any atom is -0.497 e. The lowest BCUT2D eigenvalue weighted by molar-refractivity contribution is 0.415. The average molecular weight is 390 g/mol. The maximum Gasteiger partial charge on any atom is 0.260 e. The number of ether oxygens (including phenoxy) is 1. The molecule has 0 fully saturated rings. The first-order valence-electron chi connectivity index (χ1n) is 9.17. The fourth-order valence-electron chi connectivity index (χ4n) is 3.26. The minimum atomic E-state index is -0.216. The van der Waals surface area contributed by atoms with E-state index in [1.54, 1.807) is 7.11 Å². The highest BCUT2D eigenvalue weighted by Gasteiger charge is 2.12. The Kier molecular flexibility index (Phi) is 4.54. The molecule has 2 aromatic heterocycles. The second kappa shape index (κ2) is 7.05. The molecule has 0 atom stereocenters. The summed E-state index contributed by atoms with van der Waals surface area (Å²) in [6.07, 6.45) is 0. The van der Waals surface area contributed by atoms with Gasteiger partial charge in [0, 0.05) is 25.2 Å². The molecule has 29 heavy (non-hydrogen) atoms. The van der Waals surface area contributed by atoms with Crippen LogP contribution in [0.15, 0.2) is 35.1 Å². The summed E-state index contributed by atoms with van der Waals surface area (Å²) in [6.45, 7) is 3.84. The Morgan fingerprint density at radius 3 is 2.55 bits per heavy atom. The Morgan fingerprint density at radius 2 is 1.83 bits per heavy atom. The van der Waals surface area contributed by atoms with Gasteiger partial charge in [-0.25, -0.2) is 15.0 Å². The molecule has 0 radical (unpaired) electrons. The fraction of sp³-hybridized carbons (Fsp3) is 0.238. The molecule has 0 spiro atoms. The van der Waals surface area contributed by atoms with Crippen molar-refractivity contribution < 1.29 is 4.74 Å². The first kappa shape index (κ1) is 18.7. The van der Waals surface area contributed by atoms with E-state index in [1.165, 1.54) is 0 Å². The van der Waals surface area contributed by atoms with Crippen LogP contribution in [0, 0.1) is 13.8 Å². The first-order chi connectivity index (χ1) is 13.9. The highest BCUT2D eigenvalue weighted by Crippen LogP contribution is 2.25. The van der Waals surface area contributed by atoms with E-state index in [0.717, 1.165) is 33.6 Å². The summed E-state index contributed by atoms with van der Waals surface area (Å²) in [6, 6.07) is 9.46. The summed E-state index contributed by atoms with van der Waals surface area (Å²) in [4.78, 5) is 31.0. The molecule has 4 rings (SSSR count). The van der Waals surface area contributed by atoms with Crippen LogP contribution in [-0.2, 0) is 0 Å². The minimum absolute atomic E-state index is 0.216. The number of benzene rings is 2. The fourth-order valence-corrected chi connectivity index (χ4v) is 3.26. The van der Waals surface area contributed by atoms with Gasteiger partial charge in [0.2, 0.25) is 11.9 Å². The summed E-state index contributed by atoms with van der Waals surface area (Å²) in [5, 5.41) is 4.48. The third kappa shape index (κ3) is 3.44. The van der Waals surface area contributed by atoms with Crippen LogP contribution >= 0.6 is 0 Å². The number of fused-ring (bicyclic) bond motifs is 2. The number of hydrogen-bond acceptors (Lipinski definition) is 7. The second-order valence-electron chi connectivity index (χ2n) is 7.11. The van der Waals surface area contributed by atoms with E-state index in [4.69, 9.17) is 4.74 Å². The average Bonchev–Trinajstić information content (AvgIpc) is 2.68. The topological polar surface area (TPSA) is 96.0 Å². The lowest BCUT2D eigenvalue weighted by Crippen LogP contribution is -2.15. The number of aromatic nitrogens is 4. The molecule has 0 unspecified atom stereocenters. The van der Waals surface area contributed by atoms with Crippen molar-refractivity contribution >= 4 is 39.4 Å². The molecule has 4 aromatic rings. The summed E-state index contributed by atoms with van der Waals surface area (Å²) in [5.41, 5.74) is 3.87. The van der Waals surface area contributed by atoms with Gasteiger partial charge < -0.3 is 9.64 Å². The van der Waals surface area contributed by atoms with Crippen molar-refractivity contribution in [3.63, 3.8) is 0 Å². The highest BCUT2D eigenvalue weighted by atomic mass is 16.5. The molecule has 2 N–H and O–H groups in total. The molecule has 8 nitrogen and oxygen atoms in total. The van der Waals surface area contributed by atoms with Crippen molar-refractivity contribution in [2.24, 2.45) is 0 Å². The molecule has 0 amide bonds. The standard InChI is InChI=1S/C21H22N6O2/c1-11-8-13(27(3)4)9-16-18(11)24-21(25-19(16)28)26-20-22-12(2)15-10-14(29-5)6-7-17(15)23-20/h6-10H,1-5H3,(H2,22,23,24,25,26,28). The zero-order valence-corrected chi connectivity index (χ0v) is 17.0. The van der Waals surface area contributed by atoms with Crippen LogP contribution in [0.25, 0.3) is 21.8 Å². The third-order valence-corrected chi connectivity index (χ3v) is 4.83. The Hall–Kier alpha value is -3.68. The summed E-state index contributed by atoms with van der Waals surface area (Å²) in [5.74, 6) is 1.42. The summed E-state index contributed by atoms with van der Waals surface area (Å²) < 4.78 is 5.27. The number of aromatic amines is 1. The van der Waals surface area contributed by atoms with E-state index < -0.39 is 0 Å². The molecule has 0 aliphatic carbocycles. The van der Waals surface area contributed by atoms with E-state index in [-0.39, 0.29) is 5.56 Å². The molecule has 8 heteroatoms. The Balaban J connectivity index is 1.77. The number of anilines is 3. The molecule has 2 aromatic carbocycles. The Morgan fingerprint density at radius 1 is 1.03 bits per heavy atom. The molecule has 0 aliphatic rings. The van der Waals surface area contributed by atoms with Crippen molar-refractivity contribution in [3.05, 3.63) is 51.9 Å². The quantitative estimate of drug-likeness (QED) is 0.552. The van der Waals surface area contributed by atoms with E-state index in [0.29, 0.717) is 22.8 Å². The number of nitrogens with zero attached hydrogens (tertiary/aromatic N) is 4. The van der Waals surface area contributed by atoms with Crippen LogP contribution in [0.4, 0.5) is 17.6 Å². The predicted molar refractivity (Wildman–Crippen MR) is 116 cm³/mol. The van der Waals surface area contributed by atoms with Gasteiger partial charge in [-0.05, 0) is 49.7 Å². The number of methoxy groups -OCH3 is 1. The van der Waals surface area contributed by atoms with Crippen LogP contribution in [0.5, 0.6) is 5.75 Å². The predicted octanol–water partition coefficient (Wildman–Crippen LogP) is 3.30. The number of H-pyrrole nitrogens is 1. The molecule has 0 bridgehead atoms. The molecule has 0 saturated carbocycles. The van der Waals surface area contributed by atoms with Gasteiger partial charge in [0.25, 0.3) is 5.56 Å². The molecule has 0 aliphatic heterocycles. The van der Waals surface area contributed by atoms with E-state index in [2.05, 4.69) is 25.3 Å². The van der Waals surface area contributed by atoms with Gasteiger partial charge in [0.05, 0.1) is 29.2 Å². The maximum absolute atomic E-state index is 12.7. The van der Waals surface area contributed by atoms with Crippen LogP contribution in [0.1, 0.15) is 11.3 Å². The summed E-state index contributed by atoms with van der Waals surface area (Å²) in [7, 11) is 5.50. The van der Waals surface area contributed by atoms with Gasteiger partial charge >= 0.3 is 0 Å². The van der Waals surface area contributed by atoms with Crippen LogP contribution in [0.2, 0.25) is 0 Å². The number of hydrogen-bond donors (Lipinski definition) is 2. The van der Waals surface area contributed by atoms with Gasteiger partial charge in [-0.15, -0.1) is 0 Å². The van der Waals surface area contributed by atoms with E-state index in [1.807, 2.05) is 63.2 Å². The zero-order valence-electron chi connectivity index (χ0n) is 17.0. The Bertz CT molecular complexity index is 1300. The van der Waals surface area contributed by atoms with Crippen molar-refractivity contribution in [2.75, 3.05) is 31.4 Å². The Labute approximate surface area is 167 Å². The van der Waals surface area contributed by atoms with E-state index in [9.17, 15) is 4.79 Å². The lowest BCUT2D eigenvalue weighted by atomic mass is 10.1. The molecular formula is C21H22N6O2. The van der Waals surface area contributed by atoms with Crippen molar-refractivity contribution in [1.29, 1.82) is 0 Å². The first-order valence-corrected chi connectivity index (χ1v) is 9.17. The van der Waals surface area contributed by atoms with Crippen LogP contribution in [-0.4, -0.2) is 41.1 Å². The molecular weight excluding hydrogens is 368 g/mol. The summed E-state index contributed by atoms with van der Waals surface area (Å²) >= 11 is 0. The largest absolute Gasteiger partial charge is 0.497 e. The van der Waals surface area contributed by atoms with Crippen molar-refractivity contribution in [3.8, 4) is 5.75 Å². The van der Waals surface area contributed by atoms with Crippen molar-refractivity contribution in [2.45, 2.75) is 13.8 Å². The SMILES string of the molecule is COc1ccc2nc(Nc3nc4c(C)cc(N(C)C)cc4c(=O)[nH]3)nc(C)c2c1. The van der Waals surface area contributed by atoms with Gasteiger partial charge in [0.15, 0.2) is 0 Å². The van der Waals surface area contributed by atoms with E-state index >= 15 is 0 Å². The second-order valence-corrected chi connectivity index (χ2v) is 7.11. The molecule has 2 heterocycles. The van der Waals surface area contributed by atoms with Gasteiger partial charge in [0.1, 0.15) is 5.75 Å². The zero-order chi connectivity index (χ0) is 20.7.